The van der Waals surface area contributed by atoms with Crippen molar-refractivity contribution in [3.8, 4) is 0 Å². The molecule has 0 radical (unpaired) electrons. The van der Waals surface area contributed by atoms with Crippen molar-refractivity contribution in [2.24, 2.45) is 0 Å². The number of rotatable bonds is 0. The van der Waals surface area contributed by atoms with E-state index in [-0.39, 0.29) is 0 Å². The molecule has 2 heteroatoms. The molecule has 1 rings (SSSR count). The van der Waals surface area contributed by atoms with Crippen LogP contribution in [0, 0.1) is 0 Å². The number of halogens is 2. The van der Waals surface area contributed by atoms with E-state index in [2.05, 4.69) is 31.9 Å². The highest BCUT2D eigenvalue weighted by atomic mass is 79.9. The number of hydrogen-bond acceptors (Lipinski definition) is 0. The highest BCUT2D eigenvalue weighted by molar-refractivity contribution is 9.14. The largest absolute Gasteiger partial charge is 0.0548 e. The lowest BCUT2D eigenvalue weighted by molar-refractivity contribution is 0.590. The average Bonchev–Trinajstić information content (AvgIpc) is 2.08. The molecule has 70 valence electrons. The van der Waals surface area contributed by atoms with E-state index < -0.39 is 0 Å². The standard InChI is InChI=1S/C10H16Br2/c11-9-7-5-3-1-2-4-6-8-10(9)12/h1-8H2/b10-9-. The molecule has 0 spiro atoms. The third-order valence-corrected chi connectivity index (χ3v) is 4.62. The molecule has 1 aliphatic carbocycles. The van der Waals surface area contributed by atoms with Crippen molar-refractivity contribution < 1.29 is 0 Å². The first-order chi connectivity index (χ1) is 5.80. The predicted octanol–water partition coefficient (Wildman–Crippen LogP) is 5.12. The first-order valence-corrected chi connectivity index (χ1v) is 6.42. The first-order valence-electron chi connectivity index (χ1n) is 4.84. The summed E-state index contributed by atoms with van der Waals surface area (Å²) in [6.45, 7) is 0. The van der Waals surface area contributed by atoms with Crippen molar-refractivity contribution in [3.63, 3.8) is 0 Å². The smallest absolute Gasteiger partial charge is 0.00518 e. The van der Waals surface area contributed by atoms with Crippen molar-refractivity contribution >= 4 is 31.9 Å². The molecule has 0 fully saturated rings. The van der Waals surface area contributed by atoms with Gasteiger partial charge in [0.05, 0.1) is 0 Å². The molecule has 0 nitrogen and oxygen atoms in total. The molecule has 0 saturated heterocycles. The SMILES string of the molecule is Br/C1=C(\Br)CCCCCCCC1. The van der Waals surface area contributed by atoms with Gasteiger partial charge in [-0.05, 0) is 25.7 Å². The van der Waals surface area contributed by atoms with Gasteiger partial charge in [0, 0.05) is 8.96 Å². The maximum atomic E-state index is 3.63. The van der Waals surface area contributed by atoms with Gasteiger partial charge in [-0.25, -0.2) is 0 Å². The zero-order valence-electron chi connectivity index (χ0n) is 7.41. The van der Waals surface area contributed by atoms with Gasteiger partial charge in [0.25, 0.3) is 0 Å². The molecular formula is C10H16Br2. The van der Waals surface area contributed by atoms with Crippen LogP contribution in [0.25, 0.3) is 0 Å². The second-order valence-corrected chi connectivity index (χ2v) is 5.35. The summed E-state index contributed by atoms with van der Waals surface area (Å²) in [5.41, 5.74) is 0. The van der Waals surface area contributed by atoms with Gasteiger partial charge in [-0.3, -0.25) is 0 Å². The maximum Gasteiger partial charge on any atom is 0.00518 e. The summed E-state index contributed by atoms with van der Waals surface area (Å²) in [4.78, 5) is 0. The lowest BCUT2D eigenvalue weighted by Gasteiger charge is -2.08. The molecule has 0 amide bonds. The van der Waals surface area contributed by atoms with Crippen molar-refractivity contribution in [2.45, 2.75) is 51.4 Å². The second-order valence-electron chi connectivity index (χ2n) is 3.43. The highest BCUT2D eigenvalue weighted by Gasteiger charge is 2.03. The Morgan fingerprint density at radius 1 is 0.583 bits per heavy atom. The number of hydrogen-bond donors (Lipinski definition) is 0. The van der Waals surface area contributed by atoms with E-state index in [1.165, 1.54) is 60.3 Å². The van der Waals surface area contributed by atoms with E-state index in [4.69, 9.17) is 0 Å². The lowest BCUT2D eigenvalue weighted by atomic mass is 10.1. The van der Waals surface area contributed by atoms with Crippen LogP contribution in [0.4, 0.5) is 0 Å². The van der Waals surface area contributed by atoms with Crippen LogP contribution in [0.3, 0.4) is 0 Å². The topological polar surface area (TPSA) is 0 Å². The summed E-state index contributed by atoms with van der Waals surface area (Å²) in [5.74, 6) is 0. The van der Waals surface area contributed by atoms with Crippen LogP contribution in [0.1, 0.15) is 51.4 Å². The minimum Gasteiger partial charge on any atom is -0.0548 e. The van der Waals surface area contributed by atoms with E-state index in [0.29, 0.717) is 0 Å². The molecular weight excluding hydrogens is 280 g/mol. The summed E-state index contributed by atoms with van der Waals surface area (Å²) in [6, 6.07) is 0. The van der Waals surface area contributed by atoms with E-state index in [0.717, 1.165) is 0 Å². The Kier molecular flexibility index (Phi) is 5.57. The predicted molar refractivity (Wildman–Crippen MR) is 61.8 cm³/mol. The van der Waals surface area contributed by atoms with Crippen LogP contribution < -0.4 is 0 Å². The third-order valence-electron chi connectivity index (χ3n) is 2.34. The molecule has 1 aliphatic rings. The monoisotopic (exact) mass is 294 g/mol. The second kappa shape index (κ2) is 6.20. The Labute approximate surface area is 92.1 Å². The molecule has 0 aromatic heterocycles. The molecule has 12 heavy (non-hydrogen) atoms. The summed E-state index contributed by atoms with van der Waals surface area (Å²) in [7, 11) is 0. The van der Waals surface area contributed by atoms with Gasteiger partial charge in [0.15, 0.2) is 0 Å². The molecule has 0 N–H and O–H groups in total. The van der Waals surface area contributed by atoms with Gasteiger partial charge < -0.3 is 0 Å². The minimum atomic E-state index is 1.22. The number of allylic oxidation sites excluding steroid dienone is 2. The van der Waals surface area contributed by atoms with Crippen molar-refractivity contribution in [3.05, 3.63) is 8.96 Å². The first kappa shape index (κ1) is 10.8. The molecule has 0 aliphatic heterocycles. The molecule has 0 unspecified atom stereocenters. The quantitative estimate of drug-likeness (QED) is 0.582. The Hall–Kier alpha value is 0.700. The summed E-state index contributed by atoms with van der Waals surface area (Å²) >= 11 is 7.26. The van der Waals surface area contributed by atoms with E-state index in [1.54, 1.807) is 0 Å². The summed E-state index contributed by atoms with van der Waals surface area (Å²) < 4.78 is 2.79. The third kappa shape index (κ3) is 4.08. The molecule has 0 aromatic carbocycles. The normalized spacial score (nSPS) is 28.5. The van der Waals surface area contributed by atoms with Crippen molar-refractivity contribution in [1.82, 2.24) is 0 Å². The van der Waals surface area contributed by atoms with E-state index in [1.807, 2.05) is 0 Å². The Morgan fingerprint density at radius 3 is 1.33 bits per heavy atom. The molecule has 0 aromatic rings. The van der Waals surface area contributed by atoms with Crippen LogP contribution in [0.15, 0.2) is 8.96 Å². The van der Waals surface area contributed by atoms with E-state index in [9.17, 15) is 0 Å². The summed E-state index contributed by atoms with van der Waals surface area (Å²) in [6.07, 6.45) is 10.8. The van der Waals surface area contributed by atoms with Crippen LogP contribution in [0.2, 0.25) is 0 Å². The molecule has 0 heterocycles. The molecule has 0 atom stereocenters. The van der Waals surface area contributed by atoms with Crippen LogP contribution in [-0.2, 0) is 0 Å². The van der Waals surface area contributed by atoms with Gasteiger partial charge in [-0.1, -0.05) is 57.5 Å². The fourth-order valence-electron chi connectivity index (χ4n) is 1.54. The van der Waals surface area contributed by atoms with Gasteiger partial charge in [0.1, 0.15) is 0 Å². The van der Waals surface area contributed by atoms with Gasteiger partial charge >= 0.3 is 0 Å². The minimum absolute atomic E-state index is 1.22. The lowest BCUT2D eigenvalue weighted by Crippen LogP contribution is -1.87. The highest BCUT2D eigenvalue weighted by Crippen LogP contribution is 2.29. The van der Waals surface area contributed by atoms with E-state index >= 15 is 0 Å². The molecule has 0 bridgehead atoms. The maximum absolute atomic E-state index is 3.63. The Bertz CT molecular complexity index is 143. The Morgan fingerprint density at radius 2 is 0.917 bits per heavy atom. The zero-order valence-corrected chi connectivity index (χ0v) is 10.6. The van der Waals surface area contributed by atoms with Crippen molar-refractivity contribution in [1.29, 1.82) is 0 Å². The average molecular weight is 296 g/mol. The fourth-order valence-corrected chi connectivity index (χ4v) is 2.50. The molecule has 0 saturated carbocycles. The zero-order chi connectivity index (χ0) is 8.81. The van der Waals surface area contributed by atoms with Crippen molar-refractivity contribution in [2.75, 3.05) is 0 Å². The van der Waals surface area contributed by atoms with Crippen LogP contribution in [-0.4, -0.2) is 0 Å². The van der Waals surface area contributed by atoms with Crippen LogP contribution in [0.5, 0.6) is 0 Å². The summed E-state index contributed by atoms with van der Waals surface area (Å²) in [5, 5.41) is 0. The Balaban J connectivity index is 2.43. The van der Waals surface area contributed by atoms with Gasteiger partial charge in [-0.2, -0.15) is 0 Å². The fraction of sp³-hybridized carbons (Fsp3) is 0.800. The van der Waals surface area contributed by atoms with Gasteiger partial charge in [0.2, 0.25) is 0 Å². The van der Waals surface area contributed by atoms with Crippen LogP contribution >= 0.6 is 31.9 Å². The van der Waals surface area contributed by atoms with Gasteiger partial charge in [-0.15, -0.1) is 0 Å².